The van der Waals surface area contributed by atoms with Gasteiger partial charge in [0.2, 0.25) is 0 Å². The number of likely N-dealkylation sites (N-methyl/N-ethyl adjacent to an activating group) is 1. The van der Waals surface area contributed by atoms with Crippen LogP contribution in [-0.2, 0) is 4.74 Å². The highest BCUT2D eigenvalue weighted by Gasteiger charge is 2.28. The Morgan fingerprint density at radius 2 is 1.77 bits per heavy atom. The minimum absolute atomic E-state index is 0.00190. The van der Waals surface area contributed by atoms with Crippen LogP contribution in [0, 0.1) is 0 Å². The number of hydrogen-bond acceptors (Lipinski definition) is 12. The highest BCUT2D eigenvalue weighted by atomic mass is 16.5. The summed E-state index contributed by atoms with van der Waals surface area (Å²) in [5.41, 5.74) is 7.89. The molecule has 43 heavy (non-hydrogen) atoms. The number of amides is 1. The molecule has 0 aliphatic carbocycles. The minimum Gasteiger partial charge on any atom is -0.495 e. The lowest BCUT2D eigenvalue weighted by Crippen LogP contribution is -2.52. The molecule has 5 heterocycles. The number of hydrogen-bond donors (Lipinski definition) is 3. The van der Waals surface area contributed by atoms with Crippen molar-refractivity contribution in [1.29, 1.82) is 0 Å². The van der Waals surface area contributed by atoms with Gasteiger partial charge in [-0.3, -0.25) is 9.69 Å². The molecule has 3 aliphatic heterocycles. The van der Waals surface area contributed by atoms with E-state index in [4.69, 9.17) is 24.7 Å². The van der Waals surface area contributed by atoms with E-state index >= 15 is 0 Å². The Labute approximate surface area is 251 Å². The van der Waals surface area contributed by atoms with E-state index in [2.05, 4.69) is 48.6 Å². The topological polar surface area (TPSA) is 147 Å². The molecule has 4 N–H and O–H groups in total. The Balaban J connectivity index is 1.22. The smallest absolute Gasteiger partial charge is 0.271 e. The molecule has 3 fully saturated rings. The number of piperazine rings is 1. The van der Waals surface area contributed by atoms with Crippen LogP contribution in [0.15, 0.2) is 35.0 Å². The van der Waals surface area contributed by atoms with E-state index in [1.807, 2.05) is 12.1 Å². The Morgan fingerprint density at radius 3 is 2.44 bits per heavy atom. The number of nitrogens with two attached hydrogens (primary N) is 1. The van der Waals surface area contributed by atoms with Gasteiger partial charge in [0.1, 0.15) is 5.75 Å². The first kappa shape index (κ1) is 29.1. The number of benzene rings is 1. The molecule has 0 unspecified atom stereocenters. The van der Waals surface area contributed by atoms with Crippen LogP contribution in [0.1, 0.15) is 36.2 Å². The van der Waals surface area contributed by atoms with E-state index in [0.717, 1.165) is 76.4 Å². The molecule has 0 bridgehead atoms. The molecule has 0 atom stereocenters. The quantitative estimate of drug-likeness (QED) is 0.336. The van der Waals surface area contributed by atoms with Gasteiger partial charge in [-0.2, -0.15) is 0 Å². The van der Waals surface area contributed by atoms with Gasteiger partial charge in [-0.1, -0.05) is 5.16 Å². The molecule has 0 radical (unpaired) electrons. The summed E-state index contributed by atoms with van der Waals surface area (Å²) in [6, 6.07) is 8.38. The number of piperidine rings is 1. The number of ether oxygens (including phenoxy) is 2. The maximum Gasteiger partial charge on any atom is 0.271 e. The van der Waals surface area contributed by atoms with E-state index in [1.54, 1.807) is 13.2 Å². The van der Waals surface area contributed by atoms with Crippen LogP contribution in [0.3, 0.4) is 0 Å². The molecular formula is C30H41N9O4. The van der Waals surface area contributed by atoms with E-state index in [9.17, 15) is 4.79 Å². The molecule has 3 saturated heterocycles. The summed E-state index contributed by atoms with van der Waals surface area (Å²) in [5, 5.41) is 10.5. The summed E-state index contributed by atoms with van der Waals surface area (Å²) in [7, 11) is 3.87. The predicted molar refractivity (Wildman–Crippen MR) is 164 cm³/mol. The first-order valence-electron chi connectivity index (χ1n) is 15.1. The Bertz CT molecular complexity index is 1380. The largest absolute Gasteiger partial charge is 0.495 e. The van der Waals surface area contributed by atoms with E-state index in [-0.39, 0.29) is 17.6 Å². The lowest BCUT2D eigenvalue weighted by molar-refractivity contribution is 0.0904. The summed E-state index contributed by atoms with van der Waals surface area (Å²) in [6.07, 6.45) is 5.43. The van der Waals surface area contributed by atoms with Crippen molar-refractivity contribution in [2.24, 2.45) is 5.73 Å². The molecule has 230 valence electrons. The van der Waals surface area contributed by atoms with Crippen LogP contribution in [0.25, 0.3) is 11.5 Å². The van der Waals surface area contributed by atoms with Gasteiger partial charge in [-0.25, -0.2) is 9.97 Å². The zero-order valence-corrected chi connectivity index (χ0v) is 24.9. The summed E-state index contributed by atoms with van der Waals surface area (Å²) < 4.78 is 16.7. The first-order chi connectivity index (χ1) is 21.0. The van der Waals surface area contributed by atoms with Crippen LogP contribution in [-0.4, -0.2) is 110 Å². The molecule has 2 aromatic heterocycles. The Hall–Kier alpha value is -3.94. The van der Waals surface area contributed by atoms with Crippen molar-refractivity contribution in [2.45, 2.75) is 37.8 Å². The number of nitrogens with zero attached hydrogens (tertiary/aromatic N) is 6. The van der Waals surface area contributed by atoms with Crippen LogP contribution in [0.4, 0.5) is 23.0 Å². The van der Waals surface area contributed by atoms with E-state index < -0.39 is 5.91 Å². The second kappa shape index (κ2) is 13.1. The van der Waals surface area contributed by atoms with Crippen molar-refractivity contribution >= 4 is 28.9 Å². The van der Waals surface area contributed by atoms with Gasteiger partial charge in [0.25, 0.3) is 5.91 Å². The molecule has 13 heteroatoms. The Morgan fingerprint density at radius 1 is 1.00 bits per heavy atom. The van der Waals surface area contributed by atoms with E-state index in [0.29, 0.717) is 42.2 Å². The van der Waals surface area contributed by atoms with Crippen molar-refractivity contribution in [1.82, 2.24) is 24.9 Å². The zero-order valence-electron chi connectivity index (χ0n) is 24.9. The van der Waals surface area contributed by atoms with Gasteiger partial charge in [-0.05, 0) is 44.9 Å². The maximum absolute atomic E-state index is 12.5. The molecule has 6 rings (SSSR count). The lowest BCUT2D eigenvalue weighted by Gasteiger charge is -2.42. The van der Waals surface area contributed by atoms with Gasteiger partial charge in [-0.15, -0.1) is 0 Å². The van der Waals surface area contributed by atoms with Crippen molar-refractivity contribution in [2.75, 3.05) is 82.2 Å². The summed E-state index contributed by atoms with van der Waals surface area (Å²) >= 11 is 0. The molecule has 0 saturated carbocycles. The fourth-order valence-electron chi connectivity index (χ4n) is 6.15. The summed E-state index contributed by atoms with van der Waals surface area (Å²) in [4.78, 5) is 29.4. The fraction of sp³-hybridized carbons (Fsp3) is 0.533. The van der Waals surface area contributed by atoms with Gasteiger partial charge >= 0.3 is 0 Å². The number of carbonyl (C=O) groups excluding carboxylic acids is 1. The highest BCUT2D eigenvalue weighted by molar-refractivity contribution is 5.97. The molecule has 3 aromatic rings. The van der Waals surface area contributed by atoms with E-state index in [1.165, 1.54) is 6.20 Å². The second-order valence-corrected chi connectivity index (χ2v) is 11.5. The maximum atomic E-state index is 12.5. The number of primary amides is 1. The van der Waals surface area contributed by atoms with Crippen LogP contribution >= 0.6 is 0 Å². The third-order valence-corrected chi connectivity index (χ3v) is 8.66. The van der Waals surface area contributed by atoms with Crippen molar-refractivity contribution in [3.8, 4) is 17.2 Å². The predicted octanol–water partition coefficient (Wildman–Crippen LogP) is 2.79. The standard InChI is InChI=1S/C30H41N9O4/c1-37-13-15-38(16-14-37)22-6-11-39(12-7-22)23-4-3-21(19-25(23)41-2)34-30-27(28(31)40)35-26(24-5-10-32-43-24)29(36-30)33-20-8-17-42-18-9-20/h3-5,10,19-20,22H,6-9,11-18H2,1-2H3,(H2,31,40)(H2,33,34,36). The average molecular weight is 592 g/mol. The summed E-state index contributed by atoms with van der Waals surface area (Å²) in [6.45, 7) is 7.84. The second-order valence-electron chi connectivity index (χ2n) is 11.5. The van der Waals surface area contributed by atoms with Crippen LogP contribution in [0.2, 0.25) is 0 Å². The number of nitrogens with one attached hydrogen (secondary N) is 2. The minimum atomic E-state index is -0.708. The first-order valence-corrected chi connectivity index (χ1v) is 15.1. The van der Waals surface area contributed by atoms with Crippen molar-refractivity contribution in [3.63, 3.8) is 0 Å². The number of anilines is 4. The molecule has 3 aliphatic rings. The van der Waals surface area contributed by atoms with Crippen molar-refractivity contribution < 1.29 is 18.8 Å². The summed E-state index contributed by atoms with van der Waals surface area (Å²) in [5.74, 6) is 1.14. The lowest BCUT2D eigenvalue weighted by atomic mass is 10.0. The molecule has 1 amide bonds. The normalized spacial score (nSPS) is 19.3. The van der Waals surface area contributed by atoms with Gasteiger partial charge in [0.15, 0.2) is 28.8 Å². The molecule has 0 spiro atoms. The van der Waals surface area contributed by atoms with Crippen molar-refractivity contribution in [3.05, 3.63) is 36.2 Å². The molecule has 1 aromatic carbocycles. The van der Waals surface area contributed by atoms with Gasteiger partial charge in [0.05, 0.1) is 19.0 Å². The third-order valence-electron chi connectivity index (χ3n) is 8.66. The fourth-order valence-corrected chi connectivity index (χ4v) is 6.15. The van der Waals surface area contributed by atoms with Gasteiger partial charge < -0.3 is 40.2 Å². The number of aromatic nitrogens is 3. The average Bonchev–Trinajstić information content (AvgIpc) is 3.57. The molecular weight excluding hydrogens is 550 g/mol. The van der Waals surface area contributed by atoms with Gasteiger partial charge in [0, 0.05) is 82.4 Å². The van der Waals surface area contributed by atoms with Crippen LogP contribution < -0.4 is 26.0 Å². The SMILES string of the molecule is COc1cc(Nc2nc(NC3CCOCC3)c(-c3ccno3)nc2C(N)=O)ccc1N1CCC(N2CCN(C)CC2)CC1. The number of methoxy groups -OCH3 is 1. The third kappa shape index (κ3) is 6.68. The number of rotatable bonds is 9. The Kier molecular flexibility index (Phi) is 8.91. The zero-order chi connectivity index (χ0) is 29.8. The highest BCUT2D eigenvalue weighted by Crippen LogP contribution is 2.36. The van der Waals surface area contributed by atoms with Crippen LogP contribution in [0.5, 0.6) is 5.75 Å². The molecule has 13 nitrogen and oxygen atoms in total. The number of carbonyl (C=O) groups is 1. The monoisotopic (exact) mass is 591 g/mol.